The van der Waals surface area contributed by atoms with E-state index in [1.807, 2.05) is 0 Å². The minimum Gasteiger partial charge on any atom is -0.493 e. The molecule has 2 nitrogen and oxygen atoms in total. The lowest BCUT2D eigenvalue weighted by Gasteiger charge is -2.22. The minimum atomic E-state index is 0. The van der Waals surface area contributed by atoms with Gasteiger partial charge in [0.15, 0.2) is 0 Å². The van der Waals surface area contributed by atoms with E-state index in [1.54, 1.807) is 0 Å². The number of halogens is 1. The molecule has 24 heavy (non-hydrogen) atoms. The molecule has 1 aromatic rings. The first-order valence-corrected chi connectivity index (χ1v) is 9.74. The summed E-state index contributed by atoms with van der Waals surface area (Å²) in [6.45, 7) is 2.11. The van der Waals surface area contributed by atoms with Crippen LogP contribution in [0, 0.1) is 5.92 Å². The summed E-state index contributed by atoms with van der Waals surface area (Å²) in [5.41, 5.74) is 1.41. The highest BCUT2D eigenvalue weighted by molar-refractivity contribution is 5.85. The summed E-state index contributed by atoms with van der Waals surface area (Å²) < 4.78 is 6.16. The third kappa shape index (κ3) is 5.67. The van der Waals surface area contributed by atoms with Gasteiger partial charge in [-0.15, -0.1) is 12.4 Å². The van der Waals surface area contributed by atoms with Crippen molar-refractivity contribution in [3.05, 3.63) is 29.8 Å². The van der Waals surface area contributed by atoms with E-state index >= 15 is 0 Å². The quantitative estimate of drug-likeness (QED) is 0.644. The molecule has 0 aromatic heterocycles. The summed E-state index contributed by atoms with van der Waals surface area (Å²) >= 11 is 0. The van der Waals surface area contributed by atoms with Gasteiger partial charge in [0, 0.05) is 6.04 Å². The molecular weight excluding hydrogens is 318 g/mol. The molecule has 2 fully saturated rings. The highest BCUT2D eigenvalue weighted by Gasteiger charge is 2.20. The molecule has 1 aliphatic heterocycles. The van der Waals surface area contributed by atoms with E-state index in [-0.39, 0.29) is 12.4 Å². The highest BCUT2D eigenvalue weighted by atomic mass is 35.5. The fourth-order valence-corrected chi connectivity index (χ4v) is 4.34. The summed E-state index contributed by atoms with van der Waals surface area (Å²) in [7, 11) is 2.25. The Morgan fingerprint density at radius 3 is 2.54 bits per heavy atom. The predicted molar refractivity (Wildman–Crippen MR) is 104 cm³/mol. The van der Waals surface area contributed by atoms with Gasteiger partial charge in [-0.3, -0.25) is 0 Å². The molecule has 1 aliphatic carbocycles. The Morgan fingerprint density at radius 2 is 1.79 bits per heavy atom. The molecule has 1 heterocycles. The summed E-state index contributed by atoms with van der Waals surface area (Å²) in [5, 5.41) is 0. The van der Waals surface area contributed by atoms with E-state index in [0.29, 0.717) is 0 Å². The molecule has 1 saturated carbocycles. The van der Waals surface area contributed by atoms with Crippen LogP contribution in [0.2, 0.25) is 0 Å². The molecule has 1 aromatic carbocycles. The maximum atomic E-state index is 6.16. The van der Waals surface area contributed by atoms with Gasteiger partial charge in [-0.25, -0.2) is 0 Å². The molecule has 3 rings (SSSR count). The number of para-hydroxylation sites is 1. The van der Waals surface area contributed by atoms with Gasteiger partial charge in [-0.1, -0.05) is 50.3 Å². The lowest BCUT2D eigenvalue weighted by atomic mass is 9.85. The molecule has 0 N–H and O–H groups in total. The molecule has 2 aliphatic rings. The molecule has 3 heteroatoms. The lowest BCUT2D eigenvalue weighted by Crippen LogP contribution is -2.26. The normalized spacial score (nSPS) is 22.3. The van der Waals surface area contributed by atoms with Gasteiger partial charge in [0.1, 0.15) is 5.75 Å². The Balaban J connectivity index is 0.00000208. The van der Waals surface area contributed by atoms with E-state index in [4.69, 9.17) is 4.74 Å². The van der Waals surface area contributed by atoms with E-state index in [0.717, 1.165) is 30.7 Å². The summed E-state index contributed by atoms with van der Waals surface area (Å²) in [6, 6.07) is 9.42. The summed E-state index contributed by atoms with van der Waals surface area (Å²) in [6.07, 6.45) is 13.6. The Labute approximate surface area is 154 Å². The fraction of sp³-hybridized carbons (Fsp3) is 0.714. The van der Waals surface area contributed by atoms with Crippen molar-refractivity contribution in [1.82, 2.24) is 4.90 Å². The van der Waals surface area contributed by atoms with Crippen molar-refractivity contribution in [2.24, 2.45) is 5.92 Å². The van der Waals surface area contributed by atoms with Crippen molar-refractivity contribution in [3.8, 4) is 5.75 Å². The molecule has 0 amide bonds. The van der Waals surface area contributed by atoms with Gasteiger partial charge >= 0.3 is 0 Å². The number of hydrogen-bond acceptors (Lipinski definition) is 2. The molecule has 0 radical (unpaired) electrons. The number of rotatable bonds is 7. The number of hydrogen-bond donors (Lipinski definition) is 0. The highest BCUT2D eigenvalue weighted by Crippen LogP contribution is 2.29. The smallest absolute Gasteiger partial charge is 0.122 e. The van der Waals surface area contributed by atoms with E-state index in [9.17, 15) is 0 Å². The number of nitrogens with zero attached hydrogens (tertiary/aromatic N) is 1. The van der Waals surface area contributed by atoms with Crippen LogP contribution in [0.4, 0.5) is 0 Å². The average Bonchev–Trinajstić information content (AvgIpc) is 3.00. The van der Waals surface area contributed by atoms with Crippen LogP contribution >= 0.6 is 12.4 Å². The fourth-order valence-electron chi connectivity index (χ4n) is 4.34. The lowest BCUT2D eigenvalue weighted by molar-refractivity contribution is 0.231. The minimum absolute atomic E-state index is 0. The zero-order valence-corrected chi connectivity index (χ0v) is 16.0. The molecule has 136 valence electrons. The monoisotopic (exact) mass is 351 g/mol. The molecule has 1 saturated heterocycles. The summed E-state index contributed by atoms with van der Waals surface area (Å²) in [4.78, 5) is 2.48. The van der Waals surface area contributed by atoms with Crippen LogP contribution in [0.3, 0.4) is 0 Å². The van der Waals surface area contributed by atoms with Crippen LogP contribution in [-0.4, -0.2) is 31.1 Å². The predicted octanol–water partition coefficient (Wildman–Crippen LogP) is 5.48. The van der Waals surface area contributed by atoms with Crippen LogP contribution in [0.5, 0.6) is 5.75 Å². The van der Waals surface area contributed by atoms with Gasteiger partial charge in [-0.2, -0.15) is 0 Å². The van der Waals surface area contributed by atoms with Crippen LogP contribution in [0.1, 0.15) is 63.4 Å². The van der Waals surface area contributed by atoms with Gasteiger partial charge in [0.05, 0.1) is 6.61 Å². The standard InChI is InChI=1S/C21H33NO.ClH/c1-22-16-7-11-20(22)15-17-23-21-12-6-5-10-19(21)14-13-18-8-3-2-4-9-18;/h5-6,10,12,18,20H,2-4,7-9,11,13-17H2,1H3;1H/t20-;/m1./s1. The van der Waals surface area contributed by atoms with Crippen LogP contribution in [-0.2, 0) is 6.42 Å². The number of likely N-dealkylation sites (tertiary alicyclic amines) is 1. The van der Waals surface area contributed by atoms with E-state index in [2.05, 4.69) is 36.2 Å². The Kier molecular flexibility index (Phi) is 8.41. The SMILES string of the molecule is CN1CCC[C@@H]1CCOc1ccccc1CCC1CCCCC1.Cl. The number of benzene rings is 1. The molecule has 0 spiro atoms. The topological polar surface area (TPSA) is 12.5 Å². The number of ether oxygens (including phenoxy) is 1. The molecule has 1 atom stereocenters. The Morgan fingerprint density at radius 1 is 1.00 bits per heavy atom. The maximum absolute atomic E-state index is 6.16. The van der Waals surface area contributed by atoms with Crippen molar-refractivity contribution in [3.63, 3.8) is 0 Å². The molecule has 0 unspecified atom stereocenters. The summed E-state index contributed by atoms with van der Waals surface area (Å²) in [5.74, 6) is 2.08. The third-order valence-electron chi connectivity index (χ3n) is 5.90. The molecule has 0 bridgehead atoms. The van der Waals surface area contributed by atoms with Crippen molar-refractivity contribution in [1.29, 1.82) is 0 Å². The Hall–Kier alpha value is -0.730. The van der Waals surface area contributed by atoms with Gasteiger partial charge < -0.3 is 9.64 Å². The average molecular weight is 352 g/mol. The Bertz CT molecular complexity index is 473. The largest absolute Gasteiger partial charge is 0.493 e. The second kappa shape index (κ2) is 10.3. The van der Waals surface area contributed by atoms with Crippen molar-refractivity contribution >= 4 is 12.4 Å². The van der Waals surface area contributed by atoms with Crippen molar-refractivity contribution < 1.29 is 4.74 Å². The van der Waals surface area contributed by atoms with Gasteiger partial charge in [0.2, 0.25) is 0 Å². The maximum Gasteiger partial charge on any atom is 0.122 e. The first kappa shape index (κ1) is 19.6. The van der Waals surface area contributed by atoms with Gasteiger partial charge in [-0.05, 0) is 63.2 Å². The number of aryl methyl sites for hydroxylation is 1. The second-order valence-electron chi connectivity index (χ2n) is 7.56. The van der Waals surface area contributed by atoms with Crippen LogP contribution < -0.4 is 4.74 Å². The second-order valence-corrected chi connectivity index (χ2v) is 7.56. The first-order chi connectivity index (χ1) is 11.3. The zero-order chi connectivity index (χ0) is 15.9. The van der Waals surface area contributed by atoms with Crippen molar-refractivity contribution in [2.45, 2.75) is 70.3 Å². The third-order valence-corrected chi connectivity index (χ3v) is 5.90. The van der Waals surface area contributed by atoms with E-state index < -0.39 is 0 Å². The van der Waals surface area contributed by atoms with Crippen molar-refractivity contribution in [2.75, 3.05) is 20.2 Å². The van der Waals surface area contributed by atoms with E-state index in [1.165, 1.54) is 69.9 Å². The first-order valence-electron chi connectivity index (χ1n) is 9.74. The van der Waals surface area contributed by atoms with Crippen LogP contribution in [0.25, 0.3) is 0 Å². The molecular formula is C21H34ClNO. The van der Waals surface area contributed by atoms with Crippen LogP contribution in [0.15, 0.2) is 24.3 Å². The van der Waals surface area contributed by atoms with Gasteiger partial charge in [0.25, 0.3) is 0 Å². The zero-order valence-electron chi connectivity index (χ0n) is 15.2.